The molecule has 1 heterocycles. The SMILES string of the molecule is CC[C@H](C)[C@H](NC(=O)[C@@H](Cc1csc2ccccc12)NC)C(=O)N[C@@H](CO)C(=O)N[C@H](CCC(N)=O)C(=O)N[C@@H](C(=O)N[C@H](C(=O)Oc1ccccc1C=O)[C@@H](C)CC)[C@@H](C)CC. The number of aliphatic hydroxyl groups excluding tert-OH is 1. The van der Waals surface area contributed by atoms with Crippen molar-refractivity contribution in [2.24, 2.45) is 23.5 Å². The average Bonchev–Trinajstić information content (AvgIpc) is 3.69. The maximum absolute atomic E-state index is 13.9. The Hall–Kier alpha value is -5.72. The van der Waals surface area contributed by atoms with Gasteiger partial charge in [-0.25, -0.2) is 4.79 Å². The minimum atomic E-state index is -1.59. The van der Waals surface area contributed by atoms with Crippen molar-refractivity contribution >= 4 is 69.1 Å². The number of aldehydes is 1. The number of thiophene rings is 1. The molecule has 1 aromatic heterocycles. The number of rotatable bonds is 26. The Balaban J connectivity index is 1.78. The summed E-state index contributed by atoms with van der Waals surface area (Å²) in [6.07, 6.45) is 1.55. The van der Waals surface area contributed by atoms with Gasteiger partial charge in [-0.1, -0.05) is 91.1 Å². The van der Waals surface area contributed by atoms with E-state index in [2.05, 4.69) is 31.9 Å². The molecule has 0 spiro atoms. The quantitative estimate of drug-likeness (QED) is 0.0329. The monoisotopic (exact) mass is 893 g/mol. The van der Waals surface area contributed by atoms with Crippen LogP contribution in [0.1, 0.15) is 89.6 Å². The molecule has 63 heavy (non-hydrogen) atoms. The predicted molar refractivity (Wildman–Crippen MR) is 239 cm³/mol. The van der Waals surface area contributed by atoms with E-state index in [0.29, 0.717) is 32.0 Å². The molecular weight excluding hydrogens is 831 g/mol. The van der Waals surface area contributed by atoms with Crippen LogP contribution in [0.15, 0.2) is 53.9 Å². The highest BCUT2D eigenvalue weighted by Crippen LogP contribution is 2.27. The smallest absolute Gasteiger partial charge is 0.334 e. The highest BCUT2D eigenvalue weighted by Gasteiger charge is 2.37. The molecule has 0 bridgehead atoms. The number of esters is 1. The molecule has 3 rings (SSSR count). The lowest BCUT2D eigenvalue weighted by Crippen LogP contribution is -2.61. The Bertz CT molecular complexity index is 2060. The number of carbonyl (C=O) groups is 8. The number of hydrogen-bond donors (Lipinski definition) is 8. The van der Waals surface area contributed by atoms with Gasteiger partial charge in [-0.3, -0.25) is 33.6 Å². The zero-order chi connectivity index (χ0) is 46.8. The fourth-order valence-electron chi connectivity index (χ4n) is 6.69. The van der Waals surface area contributed by atoms with Crippen LogP contribution in [0.25, 0.3) is 10.1 Å². The number of nitrogens with one attached hydrogen (secondary N) is 6. The van der Waals surface area contributed by atoms with Gasteiger partial charge in [0.1, 0.15) is 36.0 Å². The summed E-state index contributed by atoms with van der Waals surface area (Å²) in [5.74, 6) is -6.72. The number of nitrogens with two attached hydrogens (primary N) is 1. The topological polar surface area (TPSA) is 264 Å². The van der Waals surface area contributed by atoms with Crippen molar-refractivity contribution in [3.05, 3.63) is 65.0 Å². The van der Waals surface area contributed by atoms with E-state index in [-0.39, 0.29) is 24.2 Å². The summed E-state index contributed by atoms with van der Waals surface area (Å²) < 4.78 is 6.61. The minimum Gasteiger partial charge on any atom is -0.424 e. The van der Waals surface area contributed by atoms with E-state index >= 15 is 0 Å². The average molecular weight is 894 g/mol. The number of para-hydroxylation sites is 1. The summed E-state index contributed by atoms with van der Waals surface area (Å²) in [5, 5.41) is 29.5. The maximum Gasteiger partial charge on any atom is 0.334 e. The van der Waals surface area contributed by atoms with E-state index in [4.69, 9.17) is 10.5 Å². The van der Waals surface area contributed by atoms with Crippen LogP contribution in [0.4, 0.5) is 0 Å². The molecule has 2 aromatic carbocycles. The molecule has 0 radical (unpaired) electrons. The molecule has 0 aliphatic rings. The van der Waals surface area contributed by atoms with Crippen molar-refractivity contribution in [1.82, 2.24) is 31.9 Å². The van der Waals surface area contributed by atoms with Gasteiger partial charge in [0.15, 0.2) is 6.29 Å². The highest BCUT2D eigenvalue weighted by atomic mass is 32.1. The van der Waals surface area contributed by atoms with Gasteiger partial charge in [0.25, 0.3) is 0 Å². The van der Waals surface area contributed by atoms with Crippen LogP contribution < -0.4 is 42.4 Å². The molecule has 0 saturated carbocycles. The summed E-state index contributed by atoms with van der Waals surface area (Å²) in [5.41, 5.74) is 6.50. The summed E-state index contributed by atoms with van der Waals surface area (Å²) >= 11 is 1.56. The molecule has 0 fully saturated rings. The third kappa shape index (κ3) is 14.7. The Morgan fingerprint density at radius 3 is 1.78 bits per heavy atom. The molecule has 17 nitrogen and oxygen atoms in total. The Labute approximate surface area is 372 Å². The van der Waals surface area contributed by atoms with Gasteiger partial charge in [0.2, 0.25) is 35.4 Å². The van der Waals surface area contributed by atoms with E-state index in [1.165, 1.54) is 12.1 Å². The molecule has 0 aliphatic heterocycles. The molecule has 0 aliphatic carbocycles. The van der Waals surface area contributed by atoms with E-state index < -0.39 is 102 Å². The molecule has 9 N–H and O–H groups in total. The Morgan fingerprint density at radius 1 is 0.698 bits per heavy atom. The van der Waals surface area contributed by atoms with Crippen molar-refractivity contribution in [3.8, 4) is 5.75 Å². The summed E-state index contributed by atoms with van der Waals surface area (Å²) in [4.78, 5) is 106. The van der Waals surface area contributed by atoms with E-state index in [9.17, 15) is 43.5 Å². The van der Waals surface area contributed by atoms with E-state index in [1.54, 1.807) is 58.2 Å². The number of aliphatic hydroxyl groups is 1. The van der Waals surface area contributed by atoms with E-state index in [0.717, 1.165) is 15.6 Å². The van der Waals surface area contributed by atoms with Gasteiger partial charge < -0.3 is 47.5 Å². The van der Waals surface area contributed by atoms with Crippen molar-refractivity contribution in [1.29, 1.82) is 0 Å². The number of hydrogen-bond acceptors (Lipinski definition) is 12. The molecule has 0 saturated heterocycles. The van der Waals surface area contributed by atoms with Crippen molar-refractivity contribution in [2.75, 3.05) is 13.7 Å². The summed E-state index contributed by atoms with van der Waals surface area (Å²) in [7, 11) is 1.64. The molecule has 344 valence electrons. The third-order valence-electron chi connectivity index (χ3n) is 11.4. The second kappa shape index (κ2) is 25.4. The van der Waals surface area contributed by atoms with Crippen LogP contribution in [0.3, 0.4) is 0 Å². The fourth-order valence-corrected chi connectivity index (χ4v) is 7.66. The van der Waals surface area contributed by atoms with Gasteiger partial charge in [-0.2, -0.15) is 0 Å². The zero-order valence-electron chi connectivity index (χ0n) is 37.0. The lowest BCUT2D eigenvalue weighted by Gasteiger charge is -2.30. The normalized spacial score (nSPS) is 15.5. The number of fused-ring (bicyclic) bond motifs is 1. The highest BCUT2D eigenvalue weighted by molar-refractivity contribution is 7.17. The largest absolute Gasteiger partial charge is 0.424 e. The zero-order valence-corrected chi connectivity index (χ0v) is 37.8. The van der Waals surface area contributed by atoms with Crippen LogP contribution in [-0.4, -0.2) is 103 Å². The second-order valence-corrected chi connectivity index (χ2v) is 16.7. The number of carbonyl (C=O) groups excluding carboxylic acids is 8. The van der Waals surface area contributed by atoms with Gasteiger partial charge >= 0.3 is 5.97 Å². The number of amides is 6. The van der Waals surface area contributed by atoms with Crippen LogP contribution in [0.2, 0.25) is 0 Å². The van der Waals surface area contributed by atoms with Gasteiger partial charge in [0, 0.05) is 11.1 Å². The fraction of sp³-hybridized carbons (Fsp3) is 0.511. The van der Waals surface area contributed by atoms with Crippen molar-refractivity contribution in [2.45, 2.75) is 116 Å². The molecule has 0 unspecified atom stereocenters. The maximum atomic E-state index is 13.9. The van der Waals surface area contributed by atoms with Crippen LogP contribution in [0.5, 0.6) is 5.75 Å². The number of likely N-dealkylation sites (N-methyl/N-ethyl adjacent to an activating group) is 1. The first kappa shape index (κ1) is 51.6. The molecule has 9 atom stereocenters. The molecular formula is C45H63N7O10S. The molecule has 6 amide bonds. The van der Waals surface area contributed by atoms with Gasteiger partial charge in [-0.15, -0.1) is 11.3 Å². The predicted octanol–water partition coefficient (Wildman–Crippen LogP) is 2.27. The summed E-state index contributed by atoms with van der Waals surface area (Å²) in [6, 6.07) is 6.65. The summed E-state index contributed by atoms with van der Waals surface area (Å²) in [6.45, 7) is 9.73. The Morgan fingerprint density at radius 2 is 1.21 bits per heavy atom. The van der Waals surface area contributed by atoms with E-state index in [1.807, 2.05) is 43.5 Å². The molecule has 18 heteroatoms. The van der Waals surface area contributed by atoms with Gasteiger partial charge in [0.05, 0.1) is 18.2 Å². The number of ether oxygens (including phenoxy) is 1. The van der Waals surface area contributed by atoms with Crippen LogP contribution >= 0.6 is 11.3 Å². The van der Waals surface area contributed by atoms with Crippen molar-refractivity contribution < 1.29 is 48.2 Å². The lowest BCUT2D eigenvalue weighted by atomic mass is 9.95. The first-order valence-corrected chi connectivity index (χ1v) is 22.2. The third-order valence-corrected chi connectivity index (χ3v) is 12.4. The standard InChI is InChI=1S/C45H63N7O10S/c1-8-25(4)37(51-41(57)32(47-7)21-29-24-63-35-18-14-12-16-30(29)35)43(59)49-33(23-54)42(58)48-31(19-20-36(46)55)40(56)50-38(26(5)9-2)44(60)52-39(27(6)10-3)45(61)62-34-17-13-11-15-28(34)22-53/h11-18,22,24-27,31-33,37-39,47,54H,8-10,19-21,23H2,1-7H3,(H2,46,55)(H,48,58)(H,49,59)(H,50,56)(H,51,57)(H,52,60)/t25-,26-,27-,31+,32+,33-,37-,38+,39-/m0/s1. The second-order valence-electron chi connectivity index (χ2n) is 15.8. The first-order chi connectivity index (χ1) is 30.0. The number of benzene rings is 2. The number of primary amides is 1. The van der Waals surface area contributed by atoms with Crippen LogP contribution in [-0.2, 0) is 40.0 Å². The molecule has 3 aromatic rings. The minimum absolute atomic E-state index is 0.0125. The van der Waals surface area contributed by atoms with Crippen molar-refractivity contribution in [3.63, 3.8) is 0 Å². The van der Waals surface area contributed by atoms with Crippen LogP contribution in [0, 0.1) is 17.8 Å². The lowest BCUT2D eigenvalue weighted by molar-refractivity contribution is -0.142. The Kier molecular flexibility index (Phi) is 20.8. The van der Waals surface area contributed by atoms with Gasteiger partial charge in [-0.05, 0) is 72.2 Å². The first-order valence-electron chi connectivity index (χ1n) is 21.3.